The molecule has 0 saturated heterocycles. The topological polar surface area (TPSA) is 55.8 Å². The molecule has 5 aromatic rings. The Morgan fingerprint density at radius 2 is 1.28 bits per heavy atom. The van der Waals surface area contributed by atoms with E-state index in [2.05, 4.69) is 0 Å². The van der Waals surface area contributed by atoms with E-state index in [1.807, 2.05) is 78.9 Å². The van der Waals surface area contributed by atoms with Crippen LogP contribution in [0.15, 0.2) is 113 Å². The van der Waals surface area contributed by atoms with Crippen molar-refractivity contribution in [2.24, 2.45) is 0 Å². The van der Waals surface area contributed by atoms with Gasteiger partial charge < -0.3 is 14.6 Å². The quantitative estimate of drug-likeness (QED) is 0.234. The van der Waals surface area contributed by atoms with E-state index in [0.717, 1.165) is 15.7 Å². The Kier molecular flexibility index (Phi) is 5.40. The second kappa shape index (κ2) is 8.65. The van der Waals surface area contributed by atoms with E-state index in [0.29, 0.717) is 27.2 Å². The van der Waals surface area contributed by atoms with Crippen molar-refractivity contribution < 1.29 is 19.4 Å². The standard InChI is InChI=1S/C27H18O4S/c28-26-22-15-7-6-14-21(22)24(17-25(26)32-19-11-2-1-3-12-19)31-27(29)30-23-16-8-10-18-9-4-5-13-20(18)23/h1-17,28H. The molecule has 0 bridgehead atoms. The molecule has 0 atom stereocenters. The monoisotopic (exact) mass is 438 g/mol. The molecule has 156 valence electrons. The minimum atomic E-state index is -0.840. The number of fused-ring (bicyclic) bond motifs is 2. The van der Waals surface area contributed by atoms with Crippen LogP contribution < -0.4 is 9.47 Å². The maximum Gasteiger partial charge on any atom is 0.519 e. The number of hydrogen-bond donors (Lipinski definition) is 1. The van der Waals surface area contributed by atoms with Crippen LogP contribution in [0, 0.1) is 0 Å². The van der Waals surface area contributed by atoms with Crippen molar-refractivity contribution in [3.05, 3.63) is 103 Å². The molecule has 4 nitrogen and oxygen atoms in total. The predicted octanol–water partition coefficient (Wildman–Crippen LogP) is 7.43. The van der Waals surface area contributed by atoms with E-state index >= 15 is 0 Å². The summed E-state index contributed by atoms with van der Waals surface area (Å²) in [5.74, 6) is 0.890. The Labute approximate surface area is 189 Å². The molecule has 0 unspecified atom stereocenters. The summed E-state index contributed by atoms with van der Waals surface area (Å²) < 4.78 is 11.2. The highest BCUT2D eigenvalue weighted by Crippen LogP contribution is 2.43. The number of aromatic hydroxyl groups is 1. The summed E-state index contributed by atoms with van der Waals surface area (Å²) in [4.78, 5) is 14.3. The zero-order valence-electron chi connectivity index (χ0n) is 16.9. The van der Waals surface area contributed by atoms with Crippen LogP contribution in [0.1, 0.15) is 0 Å². The van der Waals surface area contributed by atoms with Crippen LogP contribution >= 0.6 is 11.8 Å². The number of hydrogen-bond acceptors (Lipinski definition) is 5. The SMILES string of the molecule is O=C(Oc1cccc2ccccc12)Oc1cc(Sc2ccccc2)c(O)c2ccccc12. The summed E-state index contributed by atoms with van der Waals surface area (Å²) in [7, 11) is 0. The van der Waals surface area contributed by atoms with Crippen molar-refractivity contribution in [2.45, 2.75) is 9.79 Å². The van der Waals surface area contributed by atoms with Crippen LogP contribution in [-0.2, 0) is 0 Å². The molecule has 0 spiro atoms. The molecular formula is C27H18O4S. The largest absolute Gasteiger partial charge is 0.519 e. The summed E-state index contributed by atoms with van der Waals surface area (Å²) in [6.45, 7) is 0. The molecule has 0 saturated carbocycles. The third-order valence-electron chi connectivity index (χ3n) is 5.05. The molecule has 5 heteroatoms. The van der Waals surface area contributed by atoms with Gasteiger partial charge in [0.1, 0.15) is 17.2 Å². The smallest absolute Gasteiger partial charge is 0.506 e. The van der Waals surface area contributed by atoms with Gasteiger partial charge in [-0.2, -0.15) is 0 Å². The number of carbonyl (C=O) groups excluding carboxylic acids is 1. The molecule has 0 fully saturated rings. The van der Waals surface area contributed by atoms with Crippen molar-refractivity contribution in [1.82, 2.24) is 0 Å². The lowest BCUT2D eigenvalue weighted by Gasteiger charge is -2.13. The molecule has 32 heavy (non-hydrogen) atoms. The first-order valence-corrected chi connectivity index (χ1v) is 10.9. The van der Waals surface area contributed by atoms with Gasteiger partial charge >= 0.3 is 6.16 Å². The second-order valence-corrected chi connectivity index (χ2v) is 8.23. The molecule has 0 aliphatic carbocycles. The first-order chi connectivity index (χ1) is 15.7. The van der Waals surface area contributed by atoms with E-state index < -0.39 is 6.16 Å². The fourth-order valence-corrected chi connectivity index (χ4v) is 4.48. The van der Waals surface area contributed by atoms with Crippen LogP contribution in [0.5, 0.6) is 17.2 Å². The minimum absolute atomic E-state index is 0.143. The minimum Gasteiger partial charge on any atom is -0.506 e. The summed E-state index contributed by atoms with van der Waals surface area (Å²) in [5, 5.41) is 13.8. The van der Waals surface area contributed by atoms with Crippen LogP contribution in [-0.4, -0.2) is 11.3 Å². The second-order valence-electron chi connectivity index (χ2n) is 7.11. The van der Waals surface area contributed by atoms with E-state index in [9.17, 15) is 9.90 Å². The van der Waals surface area contributed by atoms with Gasteiger partial charge in [0.15, 0.2) is 0 Å². The van der Waals surface area contributed by atoms with E-state index in [4.69, 9.17) is 9.47 Å². The van der Waals surface area contributed by atoms with Crippen molar-refractivity contribution in [1.29, 1.82) is 0 Å². The summed E-state index contributed by atoms with van der Waals surface area (Å²) >= 11 is 1.39. The molecule has 0 heterocycles. The highest BCUT2D eigenvalue weighted by atomic mass is 32.2. The Bertz CT molecular complexity index is 1430. The number of rotatable bonds is 4. The molecular weight excluding hydrogens is 420 g/mol. The molecule has 5 aromatic carbocycles. The average Bonchev–Trinajstić information content (AvgIpc) is 2.83. The maximum absolute atomic E-state index is 12.7. The molecule has 1 N–H and O–H groups in total. The Morgan fingerprint density at radius 3 is 2.09 bits per heavy atom. The Hall–Kier alpha value is -3.96. The van der Waals surface area contributed by atoms with Crippen LogP contribution in [0.3, 0.4) is 0 Å². The lowest BCUT2D eigenvalue weighted by molar-refractivity contribution is 0.153. The lowest BCUT2D eigenvalue weighted by Crippen LogP contribution is -2.14. The summed E-state index contributed by atoms with van der Waals surface area (Å²) in [6, 6.07) is 31.8. The maximum atomic E-state index is 12.7. The van der Waals surface area contributed by atoms with Gasteiger partial charge in [-0.1, -0.05) is 90.6 Å². The van der Waals surface area contributed by atoms with E-state index in [1.165, 1.54) is 11.8 Å². The number of benzene rings is 5. The zero-order valence-corrected chi connectivity index (χ0v) is 17.7. The Morgan fingerprint density at radius 1 is 0.656 bits per heavy atom. The van der Waals surface area contributed by atoms with Crippen molar-refractivity contribution in [3.8, 4) is 17.2 Å². The first-order valence-electron chi connectivity index (χ1n) is 10.0. The van der Waals surface area contributed by atoms with Gasteiger partial charge in [0.05, 0.1) is 4.90 Å². The molecule has 0 aliphatic heterocycles. The number of ether oxygens (including phenoxy) is 2. The fraction of sp³-hybridized carbons (Fsp3) is 0. The van der Waals surface area contributed by atoms with Crippen LogP contribution in [0.2, 0.25) is 0 Å². The number of carbonyl (C=O) groups is 1. The number of phenolic OH excluding ortho intramolecular Hbond substituents is 1. The van der Waals surface area contributed by atoms with Gasteiger partial charge in [-0.25, -0.2) is 4.79 Å². The first kappa shape index (κ1) is 20.0. The van der Waals surface area contributed by atoms with Gasteiger partial charge in [-0.05, 0) is 29.7 Å². The zero-order chi connectivity index (χ0) is 21.9. The van der Waals surface area contributed by atoms with Crippen LogP contribution in [0.4, 0.5) is 4.79 Å². The highest BCUT2D eigenvalue weighted by Gasteiger charge is 2.17. The normalized spacial score (nSPS) is 10.9. The third kappa shape index (κ3) is 3.98. The van der Waals surface area contributed by atoms with Gasteiger partial charge in [0.2, 0.25) is 0 Å². The molecule has 0 amide bonds. The van der Waals surface area contributed by atoms with E-state index in [1.54, 1.807) is 24.3 Å². The van der Waals surface area contributed by atoms with Gasteiger partial charge in [0, 0.05) is 21.1 Å². The van der Waals surface area contributed by atoms with E-state index in [-0.39, 0.29) is 5.75 Å². The fourth-order valence-electron chi connectivity index (χ4n) is 3.57. The lowest BCUT2D eigenvalue weighted by atomic mass is 10.1. The summed E-state index contributed by atoms with van der Waals surface area (Å²) in [5.41, 5.74) is 0. The predicted molar refractivity (Wildman–Crippen MR) is 127 cm³/mol. The van der Waals surface area contributed by atoms with Crippen LogP contribution in [0.25, 0.3) is 21.5 Å². The Balaban J connectivity index is 1.49. The molecule has 0 aliphatic rings. The summed E-state index contributed by atoms with van der Waals surface area (Å²) in [6.07, 6.45) is -0.840. The van der Waals surface area contributed by atoms with Gasteiger partial charge in [0.25, 0.3) is 0 Å². The average molecular weight is 439 g/mol. The number of phenols is 1. The van der Waals surface area contributed by atoms with Crippen molar-refractivity contribution in [2.75, 3.05) is 0 Å². The molecule has 5 rings (SSSR count). The molecule has 0 radical (unpaired) electrons. The van der Waals surface area contributed by atoms with Crippen molar-refractivity contribution in [3.63, 3.8) is 0 Å². The van der Waals surface area contributed by atoms with Gasteiger partial charge in [-0.15, -0.1) is 0 Å². The highest BCUT2D eigenvalue weighted by molar-refractivity contribution is 7.99. The van der Waals surface area contributed by atoms with Crippen molar-refractivity contribution >= 4 is 39.5 Å². The molecule has 0 aromatic heterocycles. The third-order valence-corrected chi connectivity index (χ3v) is 6.09. The van der Waals surface area contributed by atoms with Gasteiger partial charge in [-0.3, -0.25) is 0 Å².